The minimum atomic E-state index is 0.158. The third-order valence-corrected chi connectivity index (χ3v) is 4.97. The van der Waals surface area contributed by atoms with Gasteiger partial charge in [-0.1, -0.05) is 0 Å². The van der Waals surface area contributed by atoms with Gasteiger partial charge in [-0.2, -0.15) is 0 Å². The molecule has 3 rings (SSSR count). The fraction of sp³-hybridized carbons (Fsp3) is 0. The van der Waals surface area contributed by atoms with Crippen molar-refractivity contribution in [1.29, 1.82) is 0 Å². The van der Waals surface area contributed by atoms with E-state index in [1.54, 1.807) is 0 Å². The first-order valence-electron chi connectivity index (χ1n) is 5.17. The molecule has 2 aromatic heterocycles. The second-order valence-corrected chi connectivity index (χ2v) is 6.89. The van der Waals surface area contributed by atoms with Crippen molar-refractivity contribution < 1.29 is 5.11 Å². The Hall–Kier alpha value is -0.981. The summed E-state index contributed by atoms with van der Waals surface area (Å²) in [5.74, 6) is 0. The van der Waals surface area contributed by atoms with Crippen LogP contribution in [0.1, 0.15) is 0 Å². The summed E-state index contributed by atoms with van der Waals surface area (Å²) < 4.78 is 0.536. The van der Waals surface area contributed by atoms with Gasteiger partial charge in [0, 0.05) is 0 Å². The quantitative estimate of drug-likeness (QED) is 0.667. The first-order chi connectivity index (χ1) is 8.38. The first-order valence-corrected chi connectivity index (χ1v) is 8.99. The summed E-state index contributed by atoms with van der Waals surface area (Å²) in [5.41, 5.74) is 2.08. The molecule has 1 nitrogen and oxygen atoms in total. The van der Waals surface area contributed by atoms with Crippen LogP contribution in [-0.2, 0) is 0 Å². The predicted molar refractivity (Wildman–Crippen MR) is 73.9 cm³/mol. The van der Waals surface area contributed by atoms with Gasteiger partial charge >= 0.3 is 113 Å². The molecule has 0 amide bonds. The van der Waals surface area contributed by atoms with Crippen molar-refractivity contribution in [2.75, 3.05) is 0 Å². The van der Waals surface area contributed by atoms with Crippen molar-refractivity contribution in [3.63, 3.8) is 0 Å². The molecule has 0 unspecified atom stereocenters. The van der Waals surface area contributed by atoms with Crippen LogP contribution in [0.2, 0.25) is 0 Å². The van der Waals surface area contributed by atoms with Gasteiger partial charge in [0.2, 0.25) is 0 Å². The molecule has 0 radical (unpaired) electrons. The van der Waals surface area contributed by atoms with Crippen LogP contribution in [0.25, 0.3) is 11.1 Å². The second kappa shape index (κ2) is 6.68. The van der Waals surface area contributed by atoms with Gasteiger partial charge in [0.15, 0.2) is 0 Å². The van der Waals surface area contributed by atoms with Gasteiger partial charge in [-0.15, -0.1) is 0 Å². The number of benzene rings is 1. The fourth-order valence-corrected chi connectivity index (χ4v) is 3.67. The van der Waals surface area contributed by atoms with E-state index in [1.165, 1.54) is 0 Å². The predicted octanol–water partition coefficient (Wildman–Crippen LogP) is 2.86. The molecule has 0 spiro atoms. The van der Waals surface area contributed by atoms with E-state index in [1.807, 2.05) is 41.3 Å². The van der Waals surface area contributed by atoms with Crippen LogP contribution in [0, 0.1) is 0 Å². The Balaban J connectivity index is 0.000000181. The molecule has 3 aromatic rings. The summed E-state index contributed by atoms with van der Waals surface area (Å²) in [7, 11) is 0. The molecule has 0 saturated heterocycles. The number of hydrogen-bond acceptors (Lipinski definition) is 1. The molecular formula is C14H12OSe2. The molecular weight excluding hydrogens is 342 g/mol. The Kier molecular flexibility index (Phi) is 4.90. The van der Waals surface area contributed by atoms with E-state index >= 15 is 0 Å². The molecule has 1 N–H and O–H groups in total. The number of aromatic hydroxyl groups is 1. The summed E-state index contributed by atoms with van der Waals surface area (Å²) in [6.45, 7) is 0. The third kappa shape index (κ3) is 3.76. The van der Waals surface area contributed by atoms with Crippen LogP contribution >= 0.6 is 0 Å². The van der Waals surface area contributed by atoms with E-state index < -0.39 is 0 Å². The Morgan fingerprint density at radius 3 is 1.94 bits per heavy atom. The summed E-state index contributed by atoms with van der Waals surface area (Å²) in [4.78, 5) is 6.41. The van der Waals surface area contributed by atoms with Gasteiger partial charge in [0.25, 0.3) is 0 Å². The molecule has 2 heterocycles. The van der Waals surface area contributed by atoms with Gasteiger partial charge in [0.05, 0.1) is 0 Å². The van der Waals surface area contributed by atoms with Crippen LogP contribution in [0.5, 0.6) is 4.62 Å². The molecule has 0 aliphatic heterocycles. The maximum atomic E-state index is 9.49. The van der Waals surface area contributed by atoms with Crippen LogP contribution in [0.15, 0.2) is 63.4 Å². The summed E-state index contributed by atoms with van der Waals surface area (Å²) in [5, 5.41) is 9.49. The van der Waals surface area contributed by atoms with Crippen LogP contribution in [0.4, 0.5) is 0 Å². The minimum absolute atomic E-state index is 0.158. The Morgan fingerprint density at radius 1 is 0.765 bits per heavy atom. The molecule has 17 heavy (non-hydrogen) atoms. The van der Waals surface area contributed by atoms with Crippen LogP contribution in [-0.4, -0.2) is 34.1 Å². The molecule has 1 aromatic carbocycles. The maximum absolute atomic E-state index is 9.49. The number of rotatable bonds is 1. The molecule has 0 bridgehead atoms. The van der Waals surface area contributed by atoms with Crippen molar-refractivity contribution in [2.45, 2.75) is 0 Å². The summed E-state index contributed by atoms with van der Waals surface area (Å²) >= 11 is 0.866. The molecule has 86 valence electrons. The van der Waals surface area contributed by atoms with Crippen molar-refractivity contribution in [1.82, 2.24) is 0 Å². The van der Waals surface area contributed by atoms with Gasteiger partial charge in [-0.05, 0) is 0 Å². The molecule has 0 saturated carbocycles. The summed E-state index contributed by atoms with van der Waals surface area (Å²) in [6, 6.07) is 16.1. The topological polar surface area (TPSA) is 20.2 Å². The van der Waals surface area contributed by atoms with E-state index in [0.29, 0.717) is 19.1 Å². The SMILES string of the molecule is Oc1[se]ccc1-c1ccccc1.c1cc[se]c1. The van der Waals surface area contributed by atoms with Crippen molar-refractivity contribution in [3.8, 4) is 15.8 Å². The van der Waals surface area contributed by atoms with Crippen molar-refractivity contribution >= 4 is 29.0 Å². The standard InChI is InChI=1S/C10H8OSe.C4H4Se/c11-10-9(6-7-12-10)8-4-2-1-3-5-8;1-2-4-5-3-1/h1-7,11H;1-4H. The molecule has 0 aliphatic carbocycles. The molecule has 0 atom stereocenters. The molecule has 3 heteroatoms. The zero-order valence-electron chi connectivity index (χ0n) is 9.11. The van der Waals surface area contributed by atoms with Gasteiger partial charge < -0.3 is 0 Å². The Labute approximate surface area is 113 Å². The van der Waals surface area contributed by atoms with Crippen LogP contribution < -0.4 is 0 Å². The van der Waals surface area contributed by atoms with Crippen molar-refractivity contribution in [2.24, 2.45) is 0 Å². The third-order valence-electron chi connectivity index (χ3n) is 2.15. The zero-order valence-corrected chi connectivity index (χ0v) is 12.5. The van der Waals surface area contributed by atoms with E-state index in [-0.39, 0.29) is 14.5 Å². The molecule has 0 fully saturated rings. The normalized spacial score (nSPS) is 9.41. The van der Waals surface area contributed by atoms with E-state index in [9.17, 15) is 5.11 Å². The van der Waals surface area contributed by atoms with Gasteiger partial charge in [-0.3, -0.25) is 0 Å². The second-order valence-electron chi connectivity index (χ2n) is 3.30. The molecule has 0 aliphatic rings. The van der Waals surface area contributed by atoms with E-state index in [4.69, 9.17) is 0 Å². The monoisotopic (exact) mass is 356 g/mol. The Morgan fingerprint density at radius 2 is 1.47 bits per heavy atom. The Bertz CT molecular complexity index is 509. The van der Waals surface area contributed by atoms with E-state index in [0.717, 1.165) is 11.1 Å². The van der Waals surface area contributed by atoms with Gasteiger partial charge in [-0.25, -0.2) is 0 Å². The fourth-order valence-electron chi connectivity index (χ4n) is 1.37. The van der Waals surface area contributed by atoms with E-state index in [2.05, 4.69) is 22.0 Å². The average Bonchev–Trinajstić information content (AvgIpc) is 3.03. The van der Waals surface area contributed by atoms with Gasteiger partial charge in [0.1, 0.15) is 0 Å². The number of hydrogen-bond donors (Lipinski definition) is 1. The zero-order chi connectivity index (χ0) is 11.9. The first kappa shape index (κ1) is 12.5. The van der Waals surface area contributed by atoms with Crippen LogP contribution in [0.3, 0.4) is 0 Å². The average molecular weight is 354 g/mol. The van der Waals surface area contributed by atoms with Crippen molar-refractivity contribution in [3.05, 3.63) is 63.4 Å². The summed E-state index contributed by atoms with van der Waals surface area (Å²) in [6.07, 6.45) is 0.